The molecule has 0 unspecified atom stereocenters. The number of allylic oxidation sites excluding steroid dienone is 9. The SMILES string of the molecule is CC(C)=CCC/C(C)=C/Cc1cccc(/C=C/C=O)c1C/C=C(\C)CCC=C(C)C. The molecule has 0 saturated carbocycles. The molecule has 0 aliphatic heterocycles. The fourth-order valence-corrected chi connectivity index (χ4v) is 3.34. The summed E-state index contributed by atoms with van der Waals surface area (Å²) in [5.74, 6) is 0. The summed E-state index contributed by atoms with van der Waals surface area (Å²) in [7, 11) is 0. The van der Waals surface area contributed by atoms with Crippen LogP contribution in [0.15, 0.2) is 70.9 Å². The van der Waals surface area contributed by atoms with Gasteiger partial charge >= 0.3 is 0 Å². The third-order valence-electron chi connectivity index (χ3n) is 5.17. The number of carbonyl (C=O) groups is 1. The van der Waals surface area contributed by atoms with Crippen molar-refractivity contribution in [3.63, 3.8) is 0 Å². The topological polar surface area (TPSA) is 17.1 Å². The molecule has 0 aliphatic carbocycles. The molecule has 0 spiro atoms. The molecule has 0 aromatic heterocycles. The maximum atomic E-state index is 10.9. The first-order valence-corrected chi connectivity index (χ1v) is 11.1. The standard InChI is InChI=1S/C29H40O/c1-23(2)11-7-13-25(5)18-20-28-16-9-15-27(17-10-22-30)29(28)21-19-26(6)14-8-12-24(3)4/h9-12,15-19,22H,7-8,13-14,20-21H2,1-6H3/b17-10+,25-18+,26-19+. The van der Waals surface area contributed by atoms with Gasteiger partial charge in [-0.15, -0.1) is 0 Å². The van der Waals surface area contributed by atoms with E-state index in [1.807, 2.05) is 6.08 Å². The zero-order valence-electron chi connectivity index (χ0n) is 19.9. The smallest absolute Gasteiger partial charge is 0.142 e. The van der Waals surface area contributed by atoms with Crippen molar-refractivity contribution in [2.75, 3.05) is 0 Å². The van der Waals surface area contributed by atoms with E-state index in [1.165, 1.54) is 33.4 Å². The monoisotopic (exact) mass is 404 g/mol. The quantitative estimate of drug-likeness (QED) is 0.194. The Hall–Kier alpha value is -2.41. The molecule has 0 bridgehead atoms. The number of hydrogen-bond acceptors (Lipinski definition) is 1. The van der Waals surface area contributed by atoms with Crippen LogP contribution in [0.5, 0.6) is 0 Å². The number of aldehydes is 1. The van der Waals surface area contributed by atoms with Crippen molar-refractivity contribution in [2.24, 2.45) is 0 Å². The van der Waals surface area contributed by atoms with Gasteiger partial charge < -0.3 is 0 Å². The van der Waals surface area contributed by atoms with Gasteiger partial charge in [-0.3, -0.25) is 4.79 Å². The Bertz CT molecular complexity index is 820. The molecule has 0 aliphatic rings. The van der Waals surface area contributed by atoms with E-state index in [1.54, 1.807) is 6.08 Å². The van der Waals surface area contributed by atoms with Crippen LogP contribution in [0.2, 0.25) is 0 Å². The van der Waals surface area contributed by atoms with Crippen LogP contribution in [-0.4, -0.2) is 6.29 Å². The van der Waals surface area contributed by atoms with Crippen LogP contribution < -0.4 is 0 Å². The Kier molecular flexibility index (Phi) is 12.4. The largest absolute Gasteiger partial charge is 0.299 e. The summed E-state index contributed by atoms with van der Waals surface area (Å²) in [6.07, 6.45) is 19.9. The van der Waals surface area contributed by atoms with Gasteiger partial charge in [0.1, 0.15) is 6.29 Å². The van der Waals surface area contributed by atoms with E-state index in [0.29, 0.717) is 0 Å². The van der Waals surface area contributed by atoms with E-state index in [0.717, 1.165) is 50.4 Å². The average molecular weight is 405 g/mol. The normalized spacial score (nSPS) is 12.2. The van der Waals surface area contributed by atoms with Gasteiger partial charge in [-0.05, 0) is 103 Å². The third kappa shape index (κ3) is 11.0. The van der Waals surface area contributed by atoms with Gasteiger partial charge in [0.25, 0.3) is 0 Å². The van der Waals surface area contributed by atoms with Crippen LogP contribution in [0.4, 0.5) is 0 Å². The van der Waals surface area contributed by atoms with Crippen LogP contribution in [0.25, 0.3) is 6.08 Å². The van der Waals surface area contributed by atoms with Crippen molar-refractivity contribution in [2.45, 2.75) is 80.1 Å². The lowest BCUT2D eigenvalue weighted by atomic mass is 9.93. The van der Waals surface area contributed by atoms with Gasteiger partial charge in [-0.2, -0.15) is 0 Å². The molecule has 0 heterocycles. The molecule has 0 atom stereocenters. The minimum absolute atomic E-state index is 0.851. The van der Waals surface area contributed by atoms with Gasteiger partial charge in [0.2, 0.25) is 0 Å². The molecule has 1 heteroatoms. The highest BCUT2D eigenvalue weighted by molar-refractivity contribution is 5.75. The fraction of sp³-hybridized carbons (Fsp3) is 0.414. The predicted molar refractivity (Wildman–Crippen MR) is 134 cm³/mol. The van der Waals surface area contributed by atoms with Crippen LogP contribution in [0, 0.1) is 0 Å². The van der Waals surface area contributed by atoms with E-state index in [-0.39, 0.29) is 0 Å². The molecular weight excluding hydrogens is 364 g/mol. The summed E-state index contributed by atoms with van der Waals surface area (Å²) in [6.45, 7) is 13.0. The zero-order valence-corrected chi connectivity index (χ0v) is 19.9. The average Bonchev–Trinajstić information content (AvgIpc) is 2.69. The molecule has 30 heavy (non-hydrogen) atoms. The number of hydrogen-bond donors (Lipinski definition) is 0. The predicted octanol–water partition coefficient (Wildman–Crippen LogP) is 8.37. The Balaban J connectivity index is 3.00. The van der Waals surface area contributed by atoms with E-state index < -0.39 is 0 Å². The number of benzene rings is 1. The summed E-state index contributed by atoms with van der Waals surface area (Å²) in [5, 5.41) is 0. The van der Waals surface area contributed by atoms with Crippen molar-refractivity contribution < 1.29 is 4.79 Å². The number of rotatable bonds is 12. The molecule has 0 saturated heterocycles. The van der Waals surface area contributed by atoms with E-state index in [4.69, 9.17) is 0 Å². The van der Waals surface area contributed by atoms with Crippen molar-refractivity contribution in [3.8, 4) is 0 Å². The van der Waals surface area contributed by atoms with Crippen LogP contribution in [0.3, 0.4) is 0 Å². The molecule has 0 N–H and O–H groups in total. The molecule has 0 radical (unpaired) electrons. The van der Waals surface area contributed by atoms with Gasteiger partial charge in [-0.1, -0.05) is 70.9 Å². The Morgan fingerprint density at radius 3 is 1.87 bits per heavy atom. The maximum Gasteiger partial charge on any atom is 0.142 e. The highest BCUT2D eigenvalue weighted by Crippen LogP contribution is 2.21. The number of carbonyl (C=O) groups excluding carboxylic acids is 1. The lowest BCUT2D eigenvalue weighted by molar-refractivity contribution is -0.104. The summed E-state index contributed by atoms with van der Waals surface area (Å²) in [5.41, 5.74) is 9.42. The van der Waals surface area contributed by atoms with E-state index in [9.17, 15) is 4.79 Å². The zero-order chi connectivity index (χ0) is 22.4. The molecule has 0 fully saturated rings. The second-order valence-corrected chi connectivity index (χ2v) is 8.63. The third-order valence-corrected chi connectivity index (χ3v) is 5.17. The van der Waals surface area contributed by atoms with Crippen LogP contribution in [-0.2, 0) is 17.6 Å². The lowest BCUT2D eigenvalue weighted by Crippen LogP contribution is -1.97. The van der Waals surface area contributed by atoms with Gasteiger partial charge in [0, 0.05) is 0 Å². The van der Waals surface area contributed by atoms with Crippen LogP contribution in [0.1, 0.15) is 83.9 Å². The molecule has 1 aromatic carbocycles. The summed E-state index contributed by atoms with van der Waals surface area (Å²) in [4.78, 5) is 10.9. The molecule has 1 nitrogen and oxygen atoms in total. The first kappa shape index (κ1) is 25.6. The molecule has 0 amide bonds. The summed E-state index contributed by atoms with van der Waals surface area (Å²) in [6, 6.07) is 6.43. The van der Waals surface area contributed by atoms with Crippen molar-refractivity contribution in [3.05, 3.63) is 87.6 Å². The molecule has 1 rings (SSSR count). The maximum absolute atomic E-state index is 10.9. The highest BCUT2D eigenvalue weighted by atomic mass is 16.1. The van der Waals surface area contributed by atoms with Crippen molar-refractivity contribution in [1.29, 1.82) is 0 Å². The second kappa shape index (κ2) is 14.6. The first-order chi connectivity index (χ1) is 14.3. The molecular formula is C29H40O. The Morgan fingerprint density at radius 2 is 1.33 bits per heavy atom. The molecule has 1 aromatic rings. The summed E-state index contributed by atoms with van der Waals surface area (Å²) >= 11 is 0. The minimum Gasteiger partial charge on any atom is -0.299 e. The van der Waals surface area contributed by atoms with Gasteiger partial charge in [0.05, 0.1) is 0 Å². The lowest BCUT2D eigenvalue weighted by Gasteiger charge is -2.12. The second-order valence-electron chi connectivity index (χ2n) is 8.63. The highest BCUT2D eigenvalue weighted by Gasteiger charge is 2.05. The van der Waals surface area contributed by atoms with E-state index in [2.05, 4.69) is 84.0 Å². The van der Waals surface area contributed by atoms with Crippen LogP contribution >= 0.6 is 0 Å². The first-order valence-electron chi connectivity index (χ1n) is 11.1. The van der Waals surface area contributed by atoms with Crippen molar-refractivity contribution >= 4 is 12.4 Å². The fourth-order valence-electron chi connectivity index (χ4n) is 3.34. The van der Waals surface area contributed by atoms with Gasteiger partial charge in [0.15, 0.2) is 0 Å². The summed E-state index contributed by atoms with van der Waals surface area (Å²) < 4.78 is 0. The van der Waals surface area contributed by atoms with Gasteiger partial charge in [-0.25, -0.2) is 0 Å². The Labute approximate surface area is 185 Å². The van der Waals surface area contributed by atoms with Crippen molar-refractivity contribution in [1.82, 2.24) is 0 Å². The van der Waals surface area contributed by atoms with E-state index >= 15 is 0 Å². The minimum atomic E-state index is 0.851. The Morgan fingerprint density at radius 1 is 0.767 bits per heavy atom. The molecule has 162 valence electrons.